The summed E-state index contributed by atoms with van der Waals surface area (Å²) in [5.41, 5.74) is 1.10. The molecule has 0 aromatic heterocycles. The maximum absolute atomic E-state index is 8.56. The average Bonchev–Trinajstić information content (AvgIpc) is 2.42. The molecule has 0 saturated carbocycles. The van der Waals surface area contributed by atoms with Crippen molar-refractivity contribution in [3.05, 3.63) is 23.8 Å². The van der Waals surface area contributed by atoms with E-state index in [0.29, 0.717) is 13.2 Å². The summed E-state index contributed by atoms with van der Waals surface area (Å²) in [7, 11) is 3.31. The van der Waals surface area contributed by atoms with E-state index >= 15 is 0 Å². The van der Waals surface area contributed by atoms with Crippen molar-refractivity contribution < 1.29 is 24.6 Å². The predicted octanol–water partition coefficient (Wildman–Crippen LogP) is -0.224. The Morgan fingerprint density at radius 2 is 2.00 bits per heavy atom. The Hall–Kier alpha value is -1.30. The van der Waals surface area contributed by atoms with Crippen LogP contribution >= 0.6 is 0 Å². The van der Waals surface area contributed by atoms with E-state index in [0.717, 1.165) is 30.2 Å². The molecule has 0 fully saturated rings. The van der Waals surface area contributed by atoms with Crippen molar-refractivity contribution in [2.75, 3.05) is 40.6 Å². The zero-order valence-corrected chi connectivity index (χ0v) is 11.0. The van der Waals surface area contributed by atoms with Crippen molar-refractivity contribution in [2.45, 2.75) is 6.54 Å². The Bertz CT molecular complexity index is 344. The molecule has 0 radical (unpaired) electrons. The number of aliphatic hydroxyl groups excluding tert-OH is 1. The molecule has 102 valence electrons. The first-order chi connectivity index (χ1) is 8.81. The van der Waals surface area contributed by atoms with Gasteiger partial charge in [-0.1, -0.05) is 0 Å². The van der Waals surface area contributed by atoms with Gasteiger partial charge in [-0.15, -0.1) is 0 Å². The number of benzene rings is 1. The van der Waals surface area contributed by atoms with E-state index in [1.54, 1.807) is 14.2 Å². The SMILES string of the molecule is COc1ccc(OC)c(C[NH2+]CCOCCO)c1. The summed E-state index contributed by atoms with van der Waals surface area (Å²) in [6.07, 6.45) is 0. The summed E-state index contributed by atoms with van der Waals surface area (Å²) in [6.45, 7) is 2.76. The highest BCUT2D eigenvalue weighted by Crippen LogP contribution is 2.22. The van der Waals surface area contributed by atoms with Gasteiger partial charge in [0.05, 0.1) is 46.1 Å². The van der Waals surface area contributed by atoms with Gasteiger partial charge in [-0.3, -0.25) is 0 Å². The molecule has 0 saturated heterocycles. The fourth-order valence-electron chi connectivity index (χ4n) is 1.63. The monoisotopic (exact) mass is 256 g/mol. The lowest BCUT2D eigenvalue weighted by atomic mass is 10.2. The normalized spacial score (nSPS) is 10.4. The Kier molecular flexibility index (Phi) is 7.17. The van der Waals surface area contributed by atoms with Gasteiger partial charge in [-0.05, 0) is 18.2 Å². The van der Waals surface area contributed by atoms with Gasteiger partial charge >= 0.3 is 0 Å². The Morgan fingerprint density at radius 1 is 1.17 bits per heavy atom. The van der Waals surface area contributed by atoms with Gasteiger partial charge in [0.1, 0.15) is 18.0 Å². The van der Waals surface area contributed by atoms with E-state index in [4.69, 9.17) is 19.3 Å². The summed E-state index contributed by atoms with van der Waals surface area (Å²) in [5, 5.41) is 10.7. The standard InChI is InChI=1S/C13H21NO4/c1-16-12-3-4-13(17-2)11(9-12)10-14-5-7-18-8-6-15/h3-4,9,14-15H,5-8,10H2,1-2H3/p+1. The van der Waals surface area contributed by atoms with Gasteiger partial charge in [-0.2, -0.15) is 0 Å². The number of quaternary nitrogens is 1. The minimum absolute atomic E-state index is 0.0731. The summed E-state index contributed by atoms with van der Waals surface area (Å²) in [6, 6.07) is 5.76. The van der Waals surface area contributed by atoms with Gasteiger partial charge in [0.2, 0.25) is 0 Å². The maximum atomic E-state index is 8.56. The molecule has 0 atom stereocenters. The molecule has 0 amide bonds. The van der Waals surface area contributed by atoms with E-state index in [1.807, 2.05) is 18.2 Å². The van der Waals surface area contributed by atoms with Crippen LogP contribution in [-0.2, 0) is 11.3 Å². The minimum Gasteiger partial charge on any atom is -0.497 e. The molecule has 5 heteroatoms. The second-order valence-corrected chi connectivity index (χ2v) is 3.80. The Balaban J connectivity index is 2.39. The van der Waals surface area contributed by atoms with Crippen molar-refractivity contribution in [3.63, 3.8) is 0 Å². The van der Waals surface area contributed by atoms with Crippen LogP contribution in [0.4, 0.5) is 0 Å². The van der Waals surface area contributed by atoms with Crippen LogP contribution in [0.2, 0.25) is 0 Å². The minimum atomic E-state index is 0.0731. The number of ether oxygens (including phenoxy) is 3. The molecule has 0 heterocycles. The summed E-state index contributed by atoms with van der Waals surface area (Å²) < 4.78 is 15.7. The summed E-state index contributed by atoms with van der Waals surface area (Å²) in [5.74, 6) is 1.69. The zero-order valence-electron chi connectivity index (χ0n) is 11.0. The molecule has 0 unspecified atom stereocenters. The molecular weight excluding hydrogens is 234 g/mol. The van der Waals surface area contributed by atoms with Crippen LogP contribution in [0.25, 0.3) is 0 Å². The molecule has 3 N–H and O–H groups in total. The molecule has 18 heavy (non-hydrogen) atoms. The van der Waals surface area contributed by atoms with Crippen LogP contribution in [0.15, 0.2) is 18.2 Å². The first-order valence-corrected chi connectivity index (χ1v) is 6.03. The highest BCUT2D eigenvalue weighted by Gasteiger charge is 2.06. The van der Waals surface area contributed by atoms with Gasteiger partial charge in [0.25, 0.3) is 0 Å². The molecule has 1 aromatic carbocycles. The molecule has 1 aromatic rings. The molecule has 0 aliphatic rings. The van der Waals surface area contributed by atoms with Crippen LogP contribution in [0, 0.1) is 0 Å². The quantitative estimate of drug-likeness (QED) is 0.599. The number of methoxy groups -OCH3 is 2. The maximum Gasteiger partial charge on any atom is 0.127 e. The van der Waals surface area contributed by atoms with Gasteiger partial charge < -0.3 is 24.6 Å². The molecule has 0 aliphatic heterocycles. The van der Waals surface area contributed by atoms with E-state index in [-0.39, 0.29) is 6.61 Å². The molecule has 5 nitrogen and oxygen atoms in total. The second-order valence-electron chi connectivity index (χ2n) is 3.80. The average molecular weight is 256 g/mol. The largest absolute Gasteiger partial charge is 0.497 e. The third kappa shape index (κ3) is 4.91. The van der Waals surface area contributed by atoms with Gasteiger partial charge in [-0.25, -0.2) is 0 Å². The molecular formula is C13H22NO4+. The Morgan fingerprint density at radius 3 is 2.67 bits per heavy atom. The second kappa shape index (κ2) is 8.74. The number of nitrogens with two attached hydrogens (primary N) is 1. The van der Waals surface area contributed by atoms with Crippen LogP contribution in [-0.4, -0.2) is 45.7 Å². The smallest absolute Gasteiger partial charge is 0.127 e. The van der Waals surface area contributed by atoms with Crippen LogP contribution in [0.5, 0.6) is 11.5 Å². The fraction of sp³-hybridized carbons (Fsp3) is 0.538. The van der Waals surface area contributed by atoms with Gasteiger partial charge in [0, 0.05) is 0 Å². The summed E-state index contributed by atoms with van der Waals surface area (Å²) >= 11 is 0. The van der Waals surface area contributed by atoms with Crippen molar-refractivity contribution in [2.24, 2.45) is 0 Å². The highest BCUT2D eigenvalue weighted by atomic mass is 16.5. The fourth-order valence-corrected chi connectivity index (χ4v) is 1.63. The first kappa shape index (κ1) is 14.8. The molecule has 0 aliphatic carbocycles. The predicted molar refractivity (Wildman–Crippen MR) is 67.9 cm³/mol. The number of rotatable bonds is 9. The van der Waals surface area contributed by atoms with Crippen molar-refractivity contribution in [1.29, 1.82) is 0 Å². The van der Waals surface area contributed by atoms with Crippen LogP contribution < -0.4 is 14.8 Å². The number of hydrogen-bond acceptors (Lipinski definition) is 4. The number of hydrogen-bond donors (Lipinski definition) is 2. The number of aliphatic hydroxyl groups is 1. The van der Waals surface area contributed by atoms with E-state index in [2.05, 4.69) is 5.32 Å². The van der Waals surface area contributed by atoms with E-state index in [1.165, 1.54) is 0 Å². The molecule has 1 rings (SSSR count). The van der Waals surface area contributed by atoms with Crippen molar-refractivity contribution >= 4 is 0 Å². The molecule has 0 bridgehead atoms. The van der Waals surface area contributed by atoms with Crippen molar-refractivity contribution in [3.8, 4) is 11.5 Å². The molecule has 0 spiro atoms. The summed E-state index contributed by atoms with van der Waals surface area (Å²) in [4.78, 5) is 0. The van der Waals surface area contributed by atoms with Gasteiger partial charge in [0.15, 0.2) is 0 Å². The lowest BCUT2D eigenvalue weighted by Crippen LogP contribution is -2.83. The lowest BCUT2D eigenvalue weighted by molar-refractivity contribution is -0.672. The topological polar surface area (TPSA) is 64.5 Å². The third-order valence-electron chi connectivity index (χ3n) is 2.55. The Labute approximate surface area is 108 Å². The van der Waals surface area contributed by atoms with Crippen LogP contribution in [0.1, 0.15) is 5.56 Å². The lowest BCUT2D eigenvalue weighted by Gasteiger charge is -2.09. The third-order valence-corrected chi connectivity index (χ3v) is 2.55. The van der Waals surface area contributed by atoms with E-state index < -0.39 is 0 Å². The van der Waals surface area contributed by atoms with E-state index in [9.17, 15) is 0 Å². The highest BCUT2D eigenvalue weighted by molar-refractivity contribution is 5.39. The van der Waals surface area contributed by atoms with Crippen LogP contribution in [0.3, 0.4) is 0 Å². The first-order valence-electron chi connectivity index (χ1n) is 6.03. The zero-order chi connectivity index (χ0) is 13.2. The van der Waals surface area contributed by atoms with Crippen molar-refractivity contribution in [1.82, 2.24) is 0 Å².